The SMILES string of the molecule is CC/C=C/C=C/C=C/C=C/CCCCCC(=O)OC(COC(=O)CCCCCCCCC/C=C/CCCCCCCCCC)COP(=O)(O)OC[C@H](O)CO. The molecule has 55 heavy (non-hydrogen) atoms. The Balaban J connectivity index is 4.32. The van der Waals surface area contributed by atoms with Crippen LogP contribution in [-0.2, 0) is 32.7 Å². The van der Waals surface area contributed by atoms with Gasteiger partial charge in [0.05, 0.1) is 19.8 Å². The maximum absolute atomic E-state index is 12.6. The summed E-state index contributed by atoms with van der Waals surface area (Å²) in [4.78, 5) is 34.9. The summed E-state index contributed by atoms with van der Waals surface area (Å²) < 4.78 is 32.6. The summed E-state index contributed by atoms with van der Waals surface area (Å²) in [6.07, 6.45) is 43.4. The topological polar surface area (TPSA) is 149 Å². The number of phosphoric acid groups is 1. The van der Waals surface area contributed by atoms with Crippen LogP contribution >= 0.6 is 7.82 Å². The second-order valence-electron chi connectivity index (χ2n) is 14.1. The number of esters is 2. The second kappa shape index (κ2) is 39.9. The van der Waals surface area contributed by atoms with Crippen LogP contribution in [-0.4, -0.2) is 65.7 Å². The van der Waals surface area contributed by atoms with E-state index in [1.165, 1.54) is 77.0 Å². The minimum atomic E-state index is -4.63. The molecule has 0 bridgehead atoms. The zero-order valence-corrected chi connectivity index (χ0v) is 35.3. The third-order valence-electron chi connectivity index (χ3n) is 8.75. The molecule has 11 heteroatoms. The molecule has 0 fully saturated rings. The van der Waals surface area contributed by atoms with Crippen molar-refractivity contribution in [2.24, 2.45) is 0 Å². The van der Waals surface area contributed by atoms with E-state index in [9.17, 15) is 24.2 Å². The molecule has 0 radical (unpaired) electrons. The zero-order chi connectivity index (χ0) is 40.5. The molecule has 0 spiro atoms. The van der Waals surface area contributed by atoms with Crippen LogP contribution in [0.3, 0.4) is 0 Å². The number of ether oxygens (including phenoxy) is 2. The van der Waals surface area contributed by atoms with Crippen LogP contribution in [0.4, 0.5) is 0 Å². The molecule has 0 aromatic carbocycles. The highest BCUT2D eigenvalue weighted by molar-refractivity contribution is 7.47. The van der Waals surface area contributed by atoms with Gasteiger partial charge in [-0.1, -0.05) is 158 Å². The number of hydrogen-bond acceptors (Lipinski definition) is 9. The summed E-state index contributed by atoms with van der Waals surface area (Å²) in [5, 5.41) is 18.3. The highest BCUT2D eigenvalue weighted by atomic mass is 31.2. The van der Waals surface area contributed by atoms with Gasteiger partial charge in [0, 0.05) is 12.8 Å². The van der Waals surface area contributed by atoms with Gasteiger partial charge in [0.2, 0.25) is 0 Å². The summed E-state index contributed by atoms with van der Waals surface area (Å²) >= 11 is 0. The Morgan fingerprint density at radius 2 is 1.02 bits per heavy atom. The number of aliphatic hydroxyl groups is 2. The first-order chi connectivity index (χ1) is 26.7. The van der Waals surface area contributed by atoms with E-state index in [1.54, 1.807) is 0 Å². The van der Waals surface area contributed by atoms with Gasteiger partial charge in [0.25, 0.3) is 0 Å². The van der Waals surface area contributed by atoms with E-state index in [-0.39, 0.29) is 19.4 Å². The molecular formula is C44H77O10P. The summed E-state index contributed by atoms with van der Waals surface area (Å²) in [6.45, 7) is 2.18. The molecule has 3 N–H and O–H groups in total. The largest absolute Gasteiger partial charge is 0.472 e. The first-order valence-electron chi connectivity index (χ1n) is 21.3. The number of aliphatic hydroxyl groups excluding tert-OH is 2. The van der Waals surface area contributed by atoms with E-state index >= 15 is 0 Å². The van der Waals surface area contributed by atoms with Crippen LogP contribution in [0, 0.1) is 0 Å². The molecular weight excluding hydrogens is 719 g/mol. The Kier molecular flexibility index (Phi) is 38.2. The fourth-order valence-electron chi connectivity index (χ4n) is 5.47. The monoisotopic (exact) mass is 797 g/mol. The summed E-state index contributed by atoms with van der Waals surface area (Å²) in [5.74, 6) is -0.979. The fraction of sp³-hybridized carbons (Fsp3) is 0.727. The molecule has 0 rings (SSSR count). The van der Waals surface area contributed by atoms with Gasteiger partial charge >= 0.3 is 19.8 Å². The highest BCUT2D eigenvalue weighted by Crippen LogP contribution is 2.43. The molecule has 0 aliphatic rings. The smallest absolute Gasteiger partial charge is 0.462 e. The van der Waals surface area contributed by atoms with Crippen LogP contribution < -0.4 is 0 Å². The number of hydrogen-bond donors (Lipinski definition) is 3. The lowest BCUT2D eigenvalue weighted by Gasteiger charge is -2.20. The minimum absolute atomic E-state index is 0.135. The Bertz CT molecular complexity index is 1100. The van der Waals surface area contributed by atoms with Gasteiger partial charge < -0.3 is 24.6 Å². The molecule has 0 saturated carbocycles. The minimum Gasteiger partial charge on any atom is -0.462 e. The van der Waals surface area contributed by atoms with Crippen molar-refractivity contribution in [1.82, 2.24) is 0 Å². The molecule has 318 valence electrons. The van der Waals surface area contributed by atoms with Gasteiger partial charge in [0.1, 0.15) is 12.7 Å². The normalized spacial score (nSPS) is 14.5. The molecule has 10 nitrogen and oxygen atoms in total. The van der Waals surface area contributed by atoms with Gasteiger partial charge in [-0.3, -0.25) is 18.6 Å². The van der Waals surface area contributed by atoms with E-state index < -0.39 is 51.8 Å². The highest BCUT2D eigenvalue weighted by Gasteiger charge is 2.27. The van der Waals surface area contributed by atoms with Crippen molar-refractivity contribution in [3.63, 3.8) is 0 Å². The van der Waals surface area contributed by atoms with Gasteiger partial charge in [-0.05, 0) is 57.8 Å². The zero-order valence-electron chi connectivity index (χ0n) is 34.4. The second-order valence-corrected chi connectivity index (χ2v) is 15.5. The maximum atomic E-state index is 12.6. The standard InChI is InChI=1S/C44H77O10P/c1-3-5-7-9-11-13-15-17-18-19-20-21-22-24-25-27-29-31-33-35-43(47)51-39-42(40-53-55(49,50)52-38-41(46)37-45)54-44(48)36-34-32-30-28-26-23-16-14-12-10-8-6-4-2/h6,8,10,12,14,16,19-20,23,26,41-42,45-46H,3-5,7,9,11,13,15,17-18,21-22,24-25,27-40H2,1-2H3,(H,49,50)/b8-6+,12-10+,16-14+,20-19+,26-23+/t41-,42?/m1/s1. The Labute approximate surface area is 334 Å². The van der Waals surface area contributed by atoms with Crippen molar-refractivity contribution >= 4 is 19.8 Å². The van der Waals surface area contributed by atoms with Crippen LogP contribution in [0.2, 0.25) is 0 Å². The Morgan fingerprint density at radius 1 is 0.564 bits per heavy atom. The molecule has 0 saturated heterocycles. The Morgan fingerprint density at radius 3 is 1.58 bits per heavy atom. The lowest BCUT2D eigenvalue weighted by atomic mass is 10.1. The van der Waals surface area contributed by atoms with Gasteiger partial charge in [-0.2, -0.15) is 0 Å². The van der Waals surface area contributed by atoms with E-state index in [1.807, 2.05) is 36.5 Å². The van der Waals surface area contributed by atoms with Crippen molar-refractivity contribution in [2.75, 3.05) is 26.4 Å². The van der Waals surface area contributed by atoms with Gasteiger partial charge in [-0.25, -0.2) is 4.57 Å². The van der Waals surface area contributed by atoms with Crippen molar-refractivity contribution in [2.45, 2.75) is 180 Å². The molecule has 0 aliphatic carbocycles. The first kappa shape index (κ1) is 52.7. The van der Waals surface area contributed by atoms with Crippen molar-refractivity contribution in [1.29, 1.82) is 0 Å². The molecule has 0 aromatic heterocycles. The van der Waals surface area contributed by atoms with Crippen LogP contribution in [0.5, 0.6) is 0 Å². The van der Waals surface area contributed by atoms with Crippen LogP contribution in [0.1, 0.15) is 168 Å². The quantitative estimate of drug-likeness (QED) is 0.0180. The third-order valence-corrected chi connectivity index (χ3v) is 9.70. The van der Waals surface area contributed by atoms with Crippen molar-refractivity contribution in [3.05, 3.63) is 60.8 Å². The number of rotatable bonds is 39. The number of carbonyl (C=O) groups is 2. The number of carbonyl (C=O) groups excluding carboxylic acids is 2. The Hall–Kier alpha value is -2.33. The molecule has 0 aromatic rings. The van der Waals surface area contributed by atoms with E-state index in [0.29, 0.717) is 12.8 Å². The van der Waals surface area contributed by atoms with Gasteiger partial charge in [-0.15, -0.1) is 0 Å². The van der Waals surface area contributed by atoms with Crippen molar-refractivity contribution in [3.8, 4) is 0 Å². The lowest BCUT2D eigenvalue weighted by molar-refractivity contribution is -0.161. The molecule has 0 amide bonds. The van der Waals surface area contributed by atoms with E-state index in [0.717, 1.165) is 51.4 Å². The summed E-state index contributed by atoms with van der Waals surface area (Å²) in [7, 11) is -4.63. The predicted molar refractivity (Wildman–Crippen MR) is 224 cm³/mol. The summed E-state index contributed by atoms with van der Waals surface area (Å²) in [6, 6.07) is 0. The molecule has 0 heterocycles. The molecule has 2 unspecified atom stereocenters. The first-order valence-corrected chi connectivity index (χ1v) is 22.8. The fourth-order valence-corrected chi connectivity index (χ4v) is 6.26. The van der Waals surface area contributed by atoms with E-state index in [2.05, 4.69) is 42.7 Å². The number of phosphoric ester groups is 1. The molecule has 3 atom stereocenters. The van der Waals surface area contributed by atoms with Crippen LogP contribution in [0.25, 0.3) is 0 Å². The van der Waals surface area contributed by atoms with E-state index in [4.69, 9.17) is 19.1 Å². The number of unbranched alkanes of at least 4 members (excludes halogenated alkanes) is 18. The van der Waals surface area contributed by atoms with Crippen molar-refractivity contribution < 1.29 is 47.8 Å². The predicted octanol–water partition coefficient (Wildman–Crippen LogP) is 11.1. The average Bonchev–Trinajstić information content (AvgIpc) is 3.17. The molecule has 0 aliphatic heterocycles. The van der Waals surface area contributed by atoms with Gasteiger partial charge in [0.15, 0.2) is 6.10 Å². The maximum Gasteiger partial charge on any atom is 0.472 e. The average molecular weight is 797 g/mol. The van der Waals surface area contributed by atoms with Crippen LogP contribution in [0.15, 0.2) is 60.8 Å². The number of allylic oxidation sites excluding steroid dienone is 10. The lowest BCUT2D eigenvalue weighted by Crippen LogP contribution is -2.29. The summed E-state index contributed by atoms with van der Waals surface area (Å²) in [5.41, 5.74) is 0. The third kappa shape index (κ3) is 39.7.